The number of rotatable bonds is 6. The molecule has 1 rings (SSSR count). The number of hydrogen-bond donors (Lipinski definition) is 2. The highest BCUT2D eigenvalue weighted by Crippen LogP contribution is 2.34. The molecule has 0 aliphatic heterocycles. The van der Waals surface area contributed by atoms with E-state index in [0.29, 0.717) is 0 Å². The molecule has 2 N–H and O–H groups in total. The maximum absolute atomic E-state index is 11.9. The molecule has 108 valence electrons. The van der Waals surface area contributed by atoms with Crippen molar-refractivity contribution in [3.63, 3.8) is 0 Å². The molecule has 0 amide bonds. The monoisotopic (exact) mass is 299 g/mol. The predicted molar refractivity (Wildman–Crippen MR) is 70.5 cm³/mol. The van der Waals surface area contributed by atoms with Gasteiger partial charge < -0.3 is 14.6 Å². The summed E-state index contributed by atoms with van der Waals surface area (Å²) in [6.45, 7) is -0.209. The zero-order valence-electron chi connectivity index (χ0n) is 10.8. The van der Waals surface area contributed by atoms with Crippen molar-refractivity contribution in [3.05, 3.63) is 17.7 Å². The van der Waals surface area contributed by atoms with E-state index in [2.05, 4.69) is 10.6 Å². The van der Waals surface area contributed by atoms with Crippen molar-refractivity contribution in [2.45, 2.75) is 4.90 Å². The van der Waals surface area contributed by atoms with Gasteiger partial charge in [-0.3, -0.25) is 0 Å². The Hall–Kier alpha value is -2.24. The number of benzene rings is 1. The van der Waals surface area contributed by atoms with Gasteiger partial charge in [-0.05, 0) is 6.07 Å². The zero-order valence-corrected chi connectivity index (χ0v) is 11.7. The van der Waals surface area contributed by atoms with Crippen LogP contribution in [-0.2, 0) is 10.0 Å². The first-order chi connectivity index (χ1) is 9.37. The van der Waals surface area contributed by atoms with Crippen LogP contribution < -0.4 is 14.2 Å². The number of methoxy groups -OCH3 is 2. The third-order valence-corrected chi connectivity index (χ3v) is 3.74. The van der Waals surface area contributed by atoms with Gasteiger partial charge in [-0.1, -0.05) is 5.92 Å². The lowest BCUT2D eigenvalue weighted by Crippen LogP contribution is -2.24. The van der Waals surface area contributed by atoms with E-state index in [1.165, 1.54) is 14.2 Å². The summed E-state index contributed by atoms with van der Waals surface area (Å²) in [5.74, 6) is 0.715. The summed E-state index contributed by atoms with van der Waals surface area (Å²) in [6, 6.07) is 2.13. The topological polar surface area (TPSA) is 102 Å². The van der Waals surface area contributed by atoms with Crippen LogP contribution in [0.5, 0.6) is 11.5 Å². The third-order valence-electron chi connectivity index (χ3n) is 2.36. The van der Waals surface area contributed by atoms with E-state index in [4.69, 9.17) is 21.0 Å². The van der Waals surface area contributed by atoms with E-state index in [1.54, 1.807) is 0 Å². The van der Waals surface area contributed by atoms with Crippen LogP contribution >= 0.6 is 0 Å². The molecule has 8 heteroatoms. The molecule has 0 heterocycles. The number of carboxylic acid groups (broad SMARTS) is 1. The second kappa shape index (κ2) is 6.27. The number of carbonyl (C=O) groups is 1. The van der Waals surface area contributed by atoms with Crippen molar-refractivity contribution in [2.75, 3.05) is 20.8 Å². The molecule has 1 aromatic carbocycles. The van der Waals surface area contributed by atoms with E-state index >= 15 is 0 Å². The van der Waals surface area contributed by atoms with Crippen molar-refractivity contribution < 1.29 is 27.8 Å². The quantitative estimate of drug-likeness (QED) is 0.733. The van der Waals surface area contributed by atoms with Gasteiger partial charge in [-0.2, -0.15) is 4.72 Å². The summed E-state index contributed by atoms with van der Waals surface area (Å²) in [4.78, 5) is 10.9. The van der Waals surface area contributed by atoms with Gasteiger partial charge in [0.05, 0.1) is 25.7 Å². The van der Waals surface area contributed by atoms with Crippen LogP contribution in [0, 0.1) is 12.3 Å². The normalized spacial score (nSPS) is 10.7. The maximum atomic E-state index is 11.9. The highest BCUT2D eigenvalue weighted by Gasteiger charge is 2.23. The standard InChI is InChI=1S/C12H13NO6S/c1-4-5-13-20(16,17)8-6-9(12(14)15)11(19-3)10(7-8)18-2/h1,6-7,13H,5H2,2-3H3,(H,14,15). The van der Waals surface area contributed by atoms with Crippen LogP contribution in [0.1, 0.15) is 10.4 Å². The van der Waals surface area contributed by atoms with Gasteiger partial charge in [0, 0.05) is 6.07 Å². The lowest BCUT2D eigenvalue weighted by molar-refractivity contribution is 0.0692. The van der Waals surface area contributed by atoms with Gasteiger partial charge >= 0.3 is 5.97 Å². The minimum atomic E-state index is -3.93. The van der Waals surface area contributed by atoms with Crippen LogP contribution in [-0.4, -0.2) is 40.3 Å². The Morgan fingerprint density at radius 2 is 2.05 bits per heavy atom. The molecular formula is C12H13NO6S. The van der Waals surface area contributed by atoms with E-state index in [0.717, 1.165) is 12.1 Å². The van der Waals surface area contributed by atoms with Crippen molar-refractivity contribution in [1.29, 1.82) is 0 Å². The van der Waals surface area contributed by atoms with Crippen molar-refractivity contribution >= 4 is 16.0 Å². The second-order valence-corrected chi connectivity index (χ2v) is 5.31. The van der Waals surface area contributed by atoms with E-state index in [-0.39, 0.29) is 28.5 Å². The molecule has 0 saturated carbocycles. The van der Waals surface area contributed by atoms with Gasteiger partial charge in [-0.15, -0.1) is 6.42 Å². The van der Waals surface area contributed by atoms with Crippen LogP contribution in [0.4, 0.5) is 0 Å². The Labute approximate surface area is 116 Å². The Bertz CT molecular complexity index is 659. The van der Waals surface area contributed by atoms with E-state index in [1.807, 2.05) is 0 Å². The zero-order chi connectivity index (χ0) is 15.3. The smallest absolute Gasteiger partial charge is 0.339 e. The summed E-state index contributed by atoms with van der Waals surface area (Å²) in [5.41, 5.74) is -0.326. The molecule has 0 unspecified atom stereocenters. The van der Waals surface area contributed by atoms with Crippen molar-refractivity contribution in [1.82, 2.24) is 4.72 Å². The maximum Gasteiger partial charge on any atom is 0.339 e. The number of aromatic carboxylic acids is 1. The second-order valence-electron chi connectivity index (χ2n) is 3.54. The molecule has 0 saturated heterocycles. The van der Waals surface area contributed by atoms with Gasteiger partial charge in [0.2, 0.25) is 10.0 Å². The highest BCUT2D eigenvalue weighted by molar-refractivity contribution is 7.89. The Morgan fingerprint density at radius 1 is 1.40 bits per heavy atom. The van der Waals surface area contributed by atoms with Crippen LogP contribution in [0.2, 0.25) is 0 Å². The van der Waals surface area contributed by atoms with Crippen molar-refractivity contribution in [2.24, 2.45) is 0 Å². The average molecular weight is 299 g/mol. The molecule has 7 nitrogen and oxygen atoms in total. The summed E-state index contributed by atoms with van der Waals surface area (Å²) in [6.07, 6.45) is 4.98. The van der Waals surface area contributed by atoms with Crippen LogP contribution in [0.15, 0.2) is 17.0 Å². The third kappa shape index (κ3) is 3.20. The van der Waals surface area contributed by atoms with Gasteiger partial charge in [0.15, 0.2) is 11.5 Å². The summed E-state index contributed by atoms with van der Waals surface area (Å²) < 4.78 is 35.9. The van der Waals surface area contributed by atoms with Crippen molar-refractivity contribution in [3.8, 4) is 23.8 Å². The van der Waals surface area contributed by atoms with Gasteiger partial charge in [0.1, 0.15) is 5.56 Å². The van der Waals surface area contributed by atoms with Crippen LogP contribution in [0.3, 0.4) is 0 Å². The summed E-state index contributed by atoms with van der Waals surface area (Å²) in [7, 11) is -1.40. The fraction of sp³-hybridized carbons (Fsp3) is 0.250. The molecule has 0 spiro atoms. The first-order valence-electron chi connectivity index (χ1n) is 5.29. The molecule has 0 fully saturated rings. The highest BCUT2D eigenvalue weighted by atomic mass is 32.2. The predicted octanol–water partition coefficient (Wildman–Crippen LogP) is 0.314. The lowest BCUT2D eigenvalue weighted by Gasteiger charge is -2.13. The molecule has 0 atom stereocenters. The summed E-state index contributed by atoms with van der Waals surface area (Å²) in [5, 5.41) is 9.10. The molecule has 1 aromatic rings. The first kappa shape index (κ1) is 15.8. The van der Waals surface area contributed by atoms with E-state index < -0.39 is 16.0 Å². The van der Waals surface area contributed by atoms with Gasteiger partial charge in [-0.25, -0.2) is 13.2 Å². The number of nitrogens with one attached hydrogen (secondary N) is 1. The molecular weight excluding hydrogens is 286 g/mol. The first-order valence-corrected chi connectivity index (χ1v) is 6.78. The fourth-order valence-electron chi connectivity index (χ4n) is 1.47. The Balaban J connectivity index is 3.48. The molecule has 0 aliphatic rings. The number of sulfonamides is 1. The van der Waals surface area contributed by atoms with Crippen LogP contribution in [0.25, 0.3) is 0 Å². The number of carboxylic acids is 1. The average Bonchev–Trinajstić information content (AvgIpc) is 2.43. The minimum Gasteiger partial charge on any atom is -0.493 e. The fourth-order valence-corrected chi connectivity index (χ4v) is 2.45. The Morgan fingerprint density at radius 3 is 2.50 bits per heavy atom. The largest absolute Gasteiger partial charge is 0.493 e. The minimum absolute atomic E-state index is 0.00603. The van der Waals surface area contributed by atoms with Gasteiger partial charge in [0.25, 0.3) is 0 Å². The van der Waals surface area contributed by atoms with E-state index in [9.17, 15) is 13.2 Å². The Kier molecular flexibility index (Phi) is 4.96. The molecule has 20 heavy (non-hydrogen) atoms. The summed E-state index contributed by atoms with van der Waals surface area (Å²) >= 11 is 0. The molecule has 0 aliphatic carbocycles. The SMILES string of the molecule is C#CCNS(=O)(=O)c1cc(OC)c(OC)c(C(=O)O)c1. The molecule has 0 aromatic heterocycles. The molecule has 0 radical (unpaired) electrons. The molecule has 0 bridgehead atoms. The number of hydrogen-bond acceptors (Lipinski definition) is 5. The number of terminal acetylenes is 1. The number of ether oxygens (including phenoxy) is 2. The lowest BCUT2D eigenvalue weighted by atomic mass is 10.2.